The first-order chi connectivity index (χ1) is 7.41. The number of carbonyl (C=O) groups is 2. The van der Waals surface area contributed by atoms with E-state index in [0.717, 1.165) is 0 Å². The number of aromatic nitrogens is 4. The van der Waals surface area contributed by atoms with Gasteiger partial charge in [-0.2, -0.15) is 4.80 Å². The highest BCUT2D eigenvalue weighted by Gasteiger charge is 2.45. The van der Waals surface area contributed by atoms with Crippen LogP contribution in [0.15, 0.2) is 0 Å². The van der Waals surface area contributed by atoms with E-state index in [1.165, 1.54) is 9.70 Å². The fraction of sp³-hybridized carbons (Fsp3) is 0.625. The van der Waals surface area contributed by atoms with E-state index in [2.05, 4.69) is 20.7 Å². The molecule has 2 rings (SSSR count). The Morgan fingerprint density at radius 1 is 1.38 bits per heavy atom. The fourth-order valence-corrected chi connectivity index (χ4v) is 1.49. The highest BCUT2D eigenvalue weighted by Crippen LogP contribution is 2.22. The van der Waals surface area contributed by atoms with Crippen molar-refractivity contribution in [2.24, 2.45) is 7.05 Å². The molecule has 8 heteroatoms. The van der Waals surface area contributed by atoms with Crippen LogP contribution in [0.1, 0.15) is 19.7 Å². The molecule has 3 amide bonds. The van der Waals surface area contributed by atoms with Crippen molar-refractivity contribution in [2.45, 2.75) is 25.9 Å². The highest BCUT2D eigenvalue weighted by atomic mass is 16.2. The molecular weight excluding hydrogens is 212 g/mol. The minimum atomic E-state index is -0.879. The van der Waals surface area contributed by atoms with Crippen molar-refractivity contribution >= 4 is 11.9 Å². The van der Waals surface area contributed by atoms with Gasteiger partial charge in [-0.25, -0.2) is 4.79 Å². The summed E-state index contributed by atoms with van der Waals surface area (Å²) in [5.41, 5.74) is -0.879. The molecule has 1 fully saturated rings. The molecule has 1 aromatic heterocycles. The molecule has 8 nitrogen and oxygen atoms in total. The molecule has 0 aromatic carbocycles. The number of hydrogen-bond acceptors (Lipinski definition) is 5. The number of tetrazole rings is 1. The largest absolute Gasteiger partial charge is 0.325 e. The average molecular weight is 224 g/mol. The van der Waals surface area contributed by atoms with Crippen LogP contribution in [0.25, 0.3) is 0 Å². The number of aryl methyl sites for hydroxylation is 1. The predicted octanol–water partition coefficient (Wildman–Crippen LogP) is -0.960. The van der Waals surface area contributed by atoms with E-state index < -0.39 is 11.6 Å². The number of nitrogens with zero attached hydrogens (tertiary/aromatic N) is 5. The van der Waals surface area contributed by atoms with Crippen LogP contribution in [0.5, 0.6) is 0 Å². The average Bonchev–Trinajstić information content (AvgIpc) is 2.66. The quantitative estimate of drug-likeness (QED) is 0.653. The second-order valence-electron chi connectivity index (χ2n) is 4.10. The molecule has 1 aliphatic rings. The third-order valence-electron chi connectivity index (χ3n) is 2.55. The van der Waals surface area contributed by atoms with Gasteiger partial charge in [-0.1, -0.05) is 0 Å². The molecule has 0 unspecified atom stereocenters. The summed E-state index contributed by atoms with van der Waals surface area (Å²) in [7, 11) is 1.64. The Kier molecular flexibility index (Phi) is 2.14. The summed E-state index contributed by atoms with van der Waals surface area (Å²) in [6.07, 6.45) is 0. The SMILES string of the molecule is Cn1nnc(CN2C(=O)NC(=O)C2(C)C)n1. The number of hydrogen-bond donors (Lipinski definition) is 1. The smallest absolute Gasteiger partial charge is 0.303 e. The Morgan fingerprint density at radius 3 is 2.50 bits per heavy atom. The molecular formula is C8H12N6O2. The van der Waals surface area contributed by atoms with Gasteiger partial charge in [-0.3, -0.25) is 10.1 Å². The molecule has 0 aliphatic carbocycles. The minimum absolute atomic E-state index is 0.165. The molecule has 86 valence electrons. The van der Waals surface area contributed by atoms with Crippen molar-refractivity contribution in [2.75, 3.05) is 0 Å². The molecule has 0 bridgehead atoms. The van der Waals surface area contributed by atoms with Gasteiger partial charge >= 0.3 is 6.03 Å². The Bertz CT molecular complexity index is 451. The van der Waals surface area contributed by atoms with Crippen molar-refractivity contribution in [1.29, 1.82) is 0 Å². The van der Waals surface area contributed by atoms with Crippen LogP contribution in [0.4, 0.5) is 4.79 Å². The monoisotopic (exact) mass is 224 g/mol. The zero-order valence-electron chi connectivity index (χ0n) is 9.26. The summed E-state index contributed by atoms with van der Waals surface area (Å²) in [6.45, 7) is 3.51. The third kappa shape index (κ3) is 1.51. The Hall–Kier alpha value is -1.99. The van der Waals surface area contributed by atoms with Crippen molar-refractivity contribution in [3.63, 3.8) is 0 Å². The molecule has 2 heterocycles. The maximum absolute atomic E-state index is 11.5. The Morgan fingerprint density at radius 2 is 2.06 bits per heavy atom. The highest BCUT2D eigenvalue weighted by molar-refractivity contribution is 6.06. The van der Waals surface area contributed by atoms with E-state index >= 15 is 0 Å². The van der Waals surface area contributed by atoms with Gasteiger partial charge in [-0.15, -0.1) is 10.2 Å². The molecule has 0 spiro atoms. The van der Waals surface area contributed by atoms with Gasteiger partial charge in [0.2, 0.25) is 0 Å². The van der Waals surface area contributed by atoms with Gasteiger partial charge in [0.1, 0.15) is 5.54 Å². The number of amides is 3. The van der Waals surface area contributed by atoms with Crippen molar-refractivity contribution in [1.82, 2.24) is 30.4 Å². The number of rotatable bonds is 2. The van der Waals surface area contributed by atoms with Crippen LogP contribution in [0, 0.1) is 0 Å². The summed E-state index contributed by atoms with van der Waals surface area (Å²) in [5.74, 6) is 0.0850. The number of nitrogens with one attached hydrogen (secondary N) is 1. The summed E-state index contributed by atoms with van der Waals surface area (Å²) in [4.78, 5) is 25.7. The lowest BCUT2D eigenvalue weighted by atomic mass is 10.0. The number of carbonyl (C=O) groups excluding carboxylic acids is 2. The lowest BCUT2D eigenvalue weighted by Gasteiger charge is -2.26. The normalized spacial score (nSPS) is 19.1. The summed E-state index contributed by atoms with van der Waals surface area (Å²) >= 11 is 0. The standard InChI is InChI=1S/C8H12N6O2/c1-8(2)6(15)9-7(16)14(8)4-5-10-12-13(3)11-5/h4H2,1-3H3,(H,9,15,16). The molecule has 1 N–H and O–H groups in total. The predicted molar refractivity (Wildman–Crippen MR) is 52.0 cm³/mol. The van der Waals surface area contributed by atoms with E-state index in [1.54, 1.807) is 20.9 Å². The molecule has 1 saturated heterocycles. The lowest BCUT2D eigenvalue weighted by Crippen LogP contribution is -2.43. The topological polar surface area (TPSA) is 93.0 Å². The Balaban J connectivity index is 2.21. The van der Waals surface area contributed by atoms with Gasteiger partial charge in [0.05, 0.1) is 13.6 Å². The van der Waals surface area contributed by atoms with Gasteiger partial charge in [0.15, 0.2) is 5.82 Å². The van der Waals surface area contributed by atoms with E-state index in [4.69, 9.17) is 0 Å². The van der Waals surface area contributed by atoms with Crippen LogP contribution in [-0.2, 0) is 18.4 Å². The molecule has 1 aromatic rings. The van der Waals surface area contributed by atoms with Gasteiger partial charge in [0, 0.05) is 0 Å². The van der Waals surface area contributed by atoms with Crippen LogP contribution in [-0.4, -0.2) is 42.6 Å². The maximum atomic E-state index is 11.5. The van der Waals surface area contributed by atoms with Crippen molar-refractivity contribution < 1.29 is 9.59 Å². The van der Waals surface area contributed by atoms with E-state index in [1.807, 2.05) is 0 Å². The third-order valence-corrected chi connectivity index (χ3v) is 2.55. The molecule has 0 radical (unpaired) electrons. The first kappa shape index (κ1) is 10.5. The van der Waals surface area contributed by atoms with Crippen molar-refractivity contribution in [3.8, 4) is 0 Å². The van der Waals surface area contributed by atoms with E-state index in [9.17, 15) is 9.59 Å². The zero-order chi connectivity index (χ0) is 11.9. The van der Waals surface area contributed by atoms with Gasteiger partial charge < -0.3 is 4.90 Å². The molecule has 0 atom stereocenters. The summed E-state index contributed by atoms with van der Waals surface area (Å²) in [5, 5.41) is 13.6. The Labute approximate surface area is 91.6 Å². The summed E-state index contributed by atoms with van der Waals surface area (Å²) < 4.78 is 0. The summed E-state index contributed by atoms with van der Waals surface area (Å²) in [6, 6.07) is -0.428. The van der Waals surface area contributed by atoms with E-state index in [-0.39, 0.29) is 12.5 Å². The first-order valence-electron chi connectivity index (χ1n) is 4.77. The minimum Gasteiger partial charge on any atom is -0.303 e. The van der Waals surface area contributed by atoms with Crippen molar-refractivity contribution in [3.05, 3.63) is 5.82 Å². The zero-order valence-corrected chi connectivity index (χ0v) is 9.26. The lowest BCUT2D eigenvalue weighted by molar-refractivity contribution is -0.125. The number of urea groups is 1. The molecule has 16 heavy (non-hydrogen) atoms. The molecule has 0 saturated carbocycles. The van der Waals surface area contributed by atoms with Crippen LogP contribution >= 0.6 is 0 Å². The van der Waals surface area contributed by atoms with Gasteiger partial charge in [0.25, 0.3) is 5.91 Å². The molecule has 1 aliphatic heterocycles. The fourth-order valence-electron chi connectivity index (χ4n) is 1.49. The second kappa shape index (κ2) is 3.26. The van der Waals surface area contributed by atoms with Crippen LogP contribution in [0.3, 0.4) is 0 Å². The van der Waals surface area contributed by atoms with E-state index in [0.29, 0.717) is 5.82 Å². The second-order valence-corrected chi connectivity index (χ2v) is 4.10. The maximum Gasteiger partial charge on any atom is 0.325 e. The number of imide groups is 1. The van der Waals surface area contributed by atoms with Crippen LogP contribution in [0.2, 0.25) is 0 Å². The van der Waals surface area contributed by atoms with Gasteiger partial charge in [-0.05, 0) is 19.1 Å². The van der Waals surface area contributed by atoms with Crippen LogP contribution < -0.4 is 5.32 Å². The first-order valence-corrected chi connectivity index (χ1v) is 4.77.